The van der Waals surface area contributed by atoms with Gasteiger partial charge in [-0.15, -0.1) is 0 Å². The summed E-state index contributed by atoms with van der Waals surface area (Å²) < 4.78 is 25.3. The monoisotopic (exact) mass is 468 g/mol. The quantitative estimate of drug-likeness (QED) is 0.271. The smallest absolute Gasteiger partial charge is 0.312 e. The highest BCUT2D eigenvalue weighted by atomic mass is 32.2. The first-order chi connectivity index (χ1) is 13.9. The van der Waals surface area contributed by atoms with E-state index >= 15 is 0 Å². The van der Waals surface area contributed by atoms with Crippen molar-refractivity contribution in [1.82, 2.24) is 10.6 Å². The Hall–Kier alpha value is -1.03. The van der Waals surface area contributed by atoms with E-state index in [4.69, 9.17) is 14.4 Å². The van der Waals surface area contributed by atoms with Gasteiger partial charge in [-0.25, -0.2) is 4.21 Å². The fourth-order valence-electron chi connectivity index (χ4n) is 3.33. The second kappa shape index (κ2) is 14.9. The molecule has 0 aliphatic heterocycles. The SMILES string of the molecule is CC.CNC(C)(C)CC(C)(C)OC(=O)C(C)(C)CC(C)(C)C(=O)NCCS(=O)O.CO. The van der Waals surface area contributed by atoms with Gasteiger partial charge < -0.3 is 25.0 Å². The molecule has 0 heterocycles. The molecule has 1 amide bonds. The Bertz CT molecular complexity index is 560. The van der Waals surface area contributed by atoms with Crippen LogP contribution >= 0.6 is 0 Å². The van der Waals surface area contributed by atoms with E-state index in [2.05, 4.69) is 10.6 Å². The number of amides is 1. The second-order valence-corrected chi connectivity index (χ2v) is 10.7. The van der Waals surface area contributed by atoms with Gasteiger partial charge in [0, 0.05) is 31.0 Å². The minimum atomic E-state index is -1.95. The van der Waals surface area contributed by atoms with Crippen molar-refractivity contribution in [3.05, 3.63) is 0 Å². The maximum atomic E-state index is 12.8. The average Bonchev–Trinajstić information content (AvgIpc) is 2.62. The molecule has 0 radical (unpaired) electrons. The number of aliphatic hydroxyl groups is 1. The van der Waals surface area contributed by atoms with Crippen LogP contribution < -0.4 is 10.6 Å². The summed E-state index contributed by atoms with van der Waals surface area (Å²) >= 11 is -1.95. The van der Waals surface area contributed by atoms with Crippen molar-refractivity contribution in [2.45, 2.75) is 93.2 Å². The van der Waals surface area contributed by atoms with E-state index in [1.807, 2.05) is 48.6 Å². The fourth-order valence-corrected chi connectivity index (χ4v) is 3.60. The molecule has 0 spiro atoms. The lowest BCUT2D eigenvalue weighted by molar-refractivity contribution is -0.171. The Balaban J connectivity index is -0.00000184. The zero-order valence-electron chi connectivity index (χ0n) is 21.8. The number of rotatable bonds is 11. The van der Waals surface area contributed by atoms with Crippen molar-refractivity contribution >= 4 is 23.0 Å². The largest absolute Gasteiger partial charge is 0.459 e. The fraction of sp³-hybridized carbons (Fsp3) is 0.909. The lowest BCUT2D eigenvalue weighted by atomic mass is 9.74. The second-order valence-electron chi connectivity index (χ2n) is 9.69. The van der Waals surface area contributed by atoms with Gasteiger partial charge in [0.05, 0.1) is 11.2 Å². The molecule has 0 saturated carbocycles. The summed E-state index contributed by atoms with van der Waals surface area (Å²) in [6.45, 7) is 19.0. The van der Waals surface area contributed by atoms with Gasteiger partial charge in [-0.3, -0.25) is 9.59 Å². The molecule has 9 heteroatoms. The lowest BCUT2D eigenvalue weighted by Crippen LogP contribution is -2.47. The average molecular weight is 469 g/mol. The third-order valence-electron chi connectivity index (χ3n) is 4.53. The third kappa shape index (κ3) is 15.4. The molecule has 4 N–H and O–H groups in total. The molecule has 8 nitrogen and oxygen atoms in total. The Kier molecular flexibility index (Phi) is 16.6. The molecule has 0 bridgehead atoms. The Morgan fingerprint density at radius 2 is 1.35 bits per heavy atom. The predicted octanol–water partition coefficient (Wildman–Crippen LogP) is 3.11. The van der Waals surface area contributed by atoms with Crippen LogP contribution in [0.1, 0.15) is 82.1 Å². The van der Waals surface area contributed by atoms with Gasteiger partial charge in [0.15, 0.2) is 11.1 Å². The third-order valence-corrected chi connectivity index (χ3v) is 5.08. The number of hydrogen-bond donors (Lipinski definition) is 4. The van der Waals surface area contributed by atoms with Crippen molar-refractivity contribution in [1.29, 1.82) is 0 Å². The van der Waals surface area contributed by atoms with Crippen LogP contribution in [-0.2, 0) is 25.4 Å². The van der Waals surface area contributed by atoms with E-state index in [0.29, 0.717) is 12.8 Å². The first-order valence-electron chi connectivity index (χ1n) is 10.7. The van der Waals surface area contributed by atoms with E-state index in [1.54, 1.807) is 27.7 Å². The highest BCUT2D eigenvalue weighted by Gasteiger charge is 2.42. The molecule has 0 aliphatic rings. The van der Waals surface area contributed by atoms with Crippen LogP contribution in [-0.4, -0.2) is 63.3 Å². The molecule has 0 saturated heterocycles. The standard InChI is InChI=1S/C19H38N2O5S.C2H6.CH4O/c1-16(2,14(22)21-10-11-27(24)25)12-17(3,4)15(23)26-19(7,8)13-18(5,6)20-9;2*1-2/h20H,10-13H2,1-9H3,(H,21,22)(H,24,25);1-2H3;2H,1H3. The number of carbonyl (C=O) groups is 2. The Morgan fingerprint density at radius 1 is 0.903 bits per heavy atom. The summed E-state index contributed by atoms with van der Waals surface area (Å²) in [5.41, 5.74) is -2.52. The van der Waals surface area contributed by atoms with Gasteiger partial charge in [-0.2, -0.15) is 0 Å². The van der Waals surface area contributed by atoms with Gasteiger partial charge in [-0.1, -0.05) is 27.7 Å². The zero-order valence-corrected chi connectivity index (χ0v) is 22.6. The molecule has 0 aliphatic carbocycles. The summed E-state index contributed by atoms with van der Waals surface area (Å²) in [6.07, 6.45) is 0.929. The van der Waals surface area contributed by atoms with Crippen LogP contribution in [0.2, 0.25) is 0 Å². The molecule has 0 aromatic carbocycles. The molecule has 1 atom stereocenters. The van der Waals surface area contributed by atoms with E-state index in [9.17, 15) is 13.8 Å². The molecule has 0 rings (SSSR count). The molecule has 31 heavy (non-hydrogen) atoms. The van der Waals surface area contributed by atoms with Crippen molar-refractivity contribution in [3.8, 4) is 0 Å². The van der Waals surface area contributed by atoms with Crippen LogP contribution in [0.5, 0.6) is 0 Å². The van der Waals surface area contributed by atoms with Crippen molar-refractivity contribution in [3.63, 3.8) is 0 Å². The summed E-state index contributed by atoms with van der Waals surface area (Å²) in [7, 11) is 2.87. The summed E-state index contributed by atoms with van der Waals surface area (Å²) in [5, 5.41) is 12.9. The molecule has 0 fully saturated rings. The molecule has 1 unspecified atom stereocenters. The summed E-state index contributed by atoms with van der Waals surface area (Å²) in [6, 6.07) is 0. The number of aliphatic hydroxyl groups excluding tert-OH is 1. The highest BCUT2D eigenvalue weighted by Crippen LogP contribution is 2.36. The Labute approximate surface area is 192 Å². The maximum absolute atomic E-state index is 12.8. The van der Waals surface area contributed by atoms with Crippen molar-refractivity contribution in [2.75, 3.05) is 26.5 Å². The molecule has 0 aromatic heterocycles. The number of nitrogens with one attached hydrogen (secondary N) is 2. The van der Waals surface area contributed by atoms with Gasteiger partial charge in [0.25, 0.3) is 0 Å². The van der Waals surface area contributed by atoms with Gasteiger partial charge in [0.1, 0.15) is 5.60 Å². The lowest BCUT2D eigenvalue weighted by Gasteiger charge is -2.38. The van der Waals surface area contributed by atoms with E-state index < -0.39 is 27.5 Å². The van der Waals surface area contributed by atoms with E-state index in [1.165, 1.54) is 0 Å². The molecule has 0 aromatic rings. The van der Waals surface area contributed by atoms with E-state index in [0.717, 1.165) is 7.11 Å². The first kappa shape index (κ1) is 34.6. The van der Waals surface area contributed by atoms with Crippen LogP contribution in [0, 0.1) is 10.8 Å². The van der Waals surface area contributed by atoms with Crippen LogP contribution in [0.25, 0.3) is 0 Å². The minimum absolute atomic E-state index is 0.0251. The molecular weight excluding hydrogens is 420 g/mol. The number of esters is 1. The summed E-state index contributed by atoms with van der Waals surface area (Å²) in [5.74, 6) is -0.635. The predicted molar refractivity (Wildman–Crippen MR) is 128 cm³/mol. The van der Waals surface area contributed by atoms with Crippen molar-refractivity contribution < 1.29 is 28.2 Å². The van der Waals surface area contributed by atoms with Gasteiger partial charge in [-0.05, 0) is 55.0 Å². The number of hydrogen-bond acceptors (Lipinski definition) is 6. The normalized spacial score (nSPS) is 13.1. The van der Waals surface area contributed by atoms with E-state index in [-0.39, 0.29) is 29.7 Å². The minimum Gasteiger partial charge on any atom is -0.459 e. The van der Waals surface area contributed by atoms with Crippen LogP contribution in [0.3, 0.4) is 0 Å². The molecular formula is C22H48N2O6S. The Morgan fingerprint density at radius 3 is 1.74 bits per heavy atom. The first-order valence-corrected chi connectivity index (χ1v) is 11.9. The van der Waals surface area contributed by atoms with Gasteiger partial charge >= 0.3 is 5.97 Å². The molecule has 188 valence electrons. The number of ether oxygens (including phenoxy) is 1. The van der Waals surface area contributed by atoms with Crippen molar-refractivity contribution in [2.24, 2.45) is 10.8 Å². The van der Waals surface area contributed by atoms with Gasteiger partial charge in [0.2, 0.25) is 5.91 Å². The van der Waals surface area contributed by atoms with Crippen LogP contribution in [0.15, 0.2) is 0 Å². The summed E-state index contributed by atoms with van der Waals surface area (Å²) in [4.78, 5) is 25.2. The zero-order chi connectivity index (χ0) is 25.7. The number of carbonyl (C=O) groups excluding carboxylic acids is 2. The maximum Gasteiger partial charge on any atom is 0.312 e. The topological polar surface area (TPSA) is 125 Å². The van der Waals surface area contributed by atoms with Crippen LogP contribution in [0.4, 0.5) is 0 Å². The highest BCUT2D eigenvalue weighted by molar-refractivity contribution is 7.79.